The van der Waals surface area contributed by atoms with Crippen LogP contribution < -0.4 is 0 Å². The Labute approximate surface area is 176 Å². The van der Waals surface area contributed by atoms with Crippen LogP contribution in [0.3, 0.4) is 0 Å². The van der Waals surface area contributed by atoms with Crippen LogP contribution in [0.5, 0.6) is 0 Å². The van der Waals surface area contributed by atoms with Crippen molar-refractivity contribution in [3.05, 3.63) is 35.5 Å². The van der Waals surface area contributed by atoms with Crippen molar-refractivity contribution in [1.29, 1.82) is 0 Å². The second-order valence-electron chi connectivity index (χ2n) is 8.18. The zero-order valence-electron chi connectivity index (χ0n) is 18.0. The fourth-order valence-electron chi connectivity index (χ4n) is 3.22. The number of nitrogens with one attached hydrogen (secondary N) is 1. The van der Waals surface area contributed by atoms with E-state index in [0.717, 1.165) is 30.8 Å². The first-order valence-corrected chi connectivity index (χ1v) is 10.1. The maximum absolute atomic E-state index is 12.2. The van der Waals surface area contributed by atoms with Crippen molar-refractivity contribution in [3.63, 3.8) is 0 Å². The van der Waals surface area contributed by atoms with Crippen LogP contribution in [0.25, 0.3) is 11.3 Å². The number of piperazine rings is 1. The monoisotopic (exact) mass is 415 g/mol. The lowest BCUT2D eigenvalue weighted by Crippen LogP contribution is -2.49. The molecule has 0 radical (unpaired) electrons. The predicted molar refractivity (Wildman–Crippen MR) is 111 cm³/mol. The number of H-pyrrole nitrogens is 1. The molecule has 1 aromatic carbocycles. The molecule has 2 aromatic rings. The van der Waals surface area contributed by atoms with Crippen LogP contribution in [-0.2, 0) is 16.0 Å². The average molecular weight is 415 g/mol. The molecule has 9 heteroatoms. The Hall–Kier alpha value is -2.94. The van der Waals surface area contributed by atoms with Crippen LogP contribution in [0.1, 0.15) is 43.7 Å². The van der Waals surface area contributed by atoms with Gasteiger partial charge in [-0.15, -0.1) is 5.10 Å². The van der Waals surface area contributed by atoms with Crippen molar-refractivity contribution in [3.8, 4) is 11.3 Å². The first-order chi connectivity index (χ1) is 14.3. The summed E-state index contributed by atoms with van der Waals surface area (Å²) in [4.78, 5) is 28.2. The fraction of sp³-hybridized carbons (Fsp3) is 0.524. The molecule has 1 saturated heterocycles. The zero-order valence-corrected chi connectivity index (χ0v) is 18.0. The second-order valence-corrected chi connectivity index (χ2v) is 8.18. The molecule has 0 unspecified atom stereocenters. The molecule has 1 N–H and O–H groups in total. The van der Waals surface area contributed by atoms with Crippen molar-refractivity contribution in [2.24, 2.45) is 0 Å². The minimum absolute atomic E-state index is 0.183. The number of aromatic amines is 1. The molecule has 1 aromatic heterocycles. The van der Waals surface area contributed by atoms with Crippen LogP contribution in [-0.4, -0.2) is 75.7 Å². The Bertz CT molecular complexity index is 864. The van der Waals surface area contributed by atoms with Gasteiger partial charge < -0.3 is 14.4 Å². The van der Waals surface area contributed by atoms with Gasteiger partial charge >= 0.3 is 12.1 Å². The molecule has 1 fully saturated rings. The lowest BCUT2D eigenvalue weighted by Gasteiger charge is -2.35. The Balaban J connectivity index is 1.56. The number of carbonyl (C=O) groups is 2. The summed E-state index contributed by atoms with van der Waals surface area (Å²) in [5, 5.41) is 10.5. The summed E-state index contributed by atoms with van der Waals surface area (Å²) in [5.74, 6) is -0.492. The van der Waals surface area contributed by atoms with Gasteiger partial charge in [-0.2, -0.15) is 10.3 Å². The molecule has 30 heavy (non-hydrogen) atoms. The predicted octanol–water partition coefficient (Wildman–Crippen LogP) is 2.70. The summed E-state index contributed by atoms with van der Waals surface area (Å²) in [6.45, 7) is 11.3. The van der Waals surface area contributed by atoms with E-state index in [1.165, 1.54) is 0 Å². The molecule has 162 valence electrons. The Morgan fingerprint density at radius 2 is 1.73 bits per heavy atom. The first kappa shape index (κ1) is 21.8. The number of ether oxygens (including phenoxy) is 2. The number of carbonyl (C=O) groups excluding carboxylic acids is 2. The number of benzene rings is 1. The molecular formula is C21H29N5O4. The lowest BCUT2D eigenvalue weighted by atomic mass is 10.1. The van der Waals surface area contributed by atoms with E-state index >= 15 is 0 Å². The van der Waals surface area contributed by atoms with Crippen LogP contribution in [0.15, 0.2) is 24.3 Å². The third-order valence-electron chi connectivity index (χ3n) is 4.67. The van der Waals surface area contributed by atoms with Gasteiger partial charge in [0, 0.05) is 38.3 Å². The average Bonchev–Trinajstić information content (AvgIpc) is 3.18. The first-order valence-electron chi connectivity index (χ1n) is 10.1. The maximum atomic E-state index is 12.2. The minimum atomic E-state index is -0.492. The van der Waals surface area contributed by atoms with Crippen LogP contribution in [0.2, 0.25) is 0 Å². The summed E-state index contributed by atoms with van der Waals surface area (Å²) >= 11 is 0. The topological polar surface area (TPSA) is 101 Å². The number of hydrogen-bond acceptors (Lipinski definition) is 7. The van der Waals surface area contributed by atoms with E-state index in [9.17, 15) is 9.59 Å². The maximum Gasteiger partial charge on any atom is 0.410 e. The number of amides is 1. The summed E-state index contributed by atoms with van der Waals surface area (Å²) in [5.41, 5.74) is 2.12. The van der Waals surface area contributed by atoms with Crippen molar-refractivity contribution in [2.45, 2.75) is 39.8 Å². The van der Waals surface area contributed by atoms with Gasteiger partial charge in [0.15, 0.2) is 5.69 Å². The molecule has 0 atom stereocenters. The highest BCUT2D eigenvalue weighted by molar-refractivity contribution is 5.93. The largest absolute Gasteiger partial charge is 0.461 e. The number of nitrogens with zero attached hydrogens (tertiary/aromatic N) is 4. The summed E-state index contributed by atoms with van der Waals surface area (Å²) in [6.07, 6.45) is -0.253. The summed E-state index contributed by atoms with van der Waals surface area (Å²) < 4.78 is 10.5. The van der Waals surface area contributed by atoms with Crippen LogP contribution in [0.4, 0.5) is 4.79 Å². The second kappa shape index (κ2) is 9.25. The van der Waals surface area contributed by atoms with Gasteiger partial charge in [-0.05, 0) is 33.3 Å². The van der Waals surface area contributed by atoms with E-state index in [2.05, 4.69) is 20.3 Å². The molecule has 1 amide bonds. The number of esters is 1. The van der Waals surface area contributed by atoms with Gasteiger partial charge in [-0.25, -0.2) is 9.59 Å². The van der Waals surface area contributed by atoms with Crippen molar-refractivity contribution in [1.82, 2.24) is 25.2 Å². The Morgan fingerprint density at radius 3 is 2.33 bits per heavy atom. The van der Waals surface area contributed by atoms with Gasteiger partial charge in [0.25, 0.3) is 0 Å². The summed E-state index contributed by atoms with van der Waals surface area (Å²) in [6, 6.07) is 7.87. The number of rotatable bonds is 5. The van der Waals surface area contributed by atoms with E-state index in [0.29, 0.717) is 18.8 Å². The molecule has 0 bridgehead atoms. The Morgan fingerprint density at radius 1 is 1.07 bits per heavy atom. The molecule has 9 nitrogen and oxygen atoms in total. The van der Waals surface area contributed by atoms with Gasteiger partial charge in [0.05, 0.1) is 6.61 Å². The number of hydrogen-bond donors (Lipinski definition) is 1. The highest BCUT2D eigenvalue weighted by atomic mass is 16.6. The molecule has 1 aliphatic heterocycles. The highest BCUT2D eigenvalue weighted by Gasteiger charge is 2.26. The Kier molecular flexibility index (Phi) is 6.71. The number of aromatic nitrogens is 3. The fourth-order valence-corrected chi connectivity index (χ4v) is 3.22. The summed E-state index contributed by atoms with van der Waals surface area (Å²) in [7, 11) is 0. The molecule has 0 aliphatic carbocycles. The van der Waals surface area contributed by atoms with Crippen molar-refractivity contribution < 1.29 is 19.1 Å². The molecule has 3 rings (SSSR count). The smallest absolute Gasteiger partial charge is 0.410 e. The third-order valence-corrected chi connectivity index (χ3v) is 4.67. The van der Waals surface area contributed by atoms with Crippen LogP contribution >= 0.6 is 0 Å². The molecule has 2 heterocycles. The molecule has 1 aliphatic rings. The van der Waals surface area contributed by atoms with E-state index in [-0.39, 0.29) is 18.4 Å². The van der Waals surface area contributed by atoms with E-state index in [4.69, 9.17) is 9.47 Å². The van der Waals surface area contributed by atoms with Gasteiger partial charge in [0.1, 0.15) is 11.3 Å². The zero-order chi connectivity index (χ0) is 21.7. The van der Waals surface area contributed by atoms with Gasteiger partial charge in [-0.1, -0.05) is 24.3 Å². The van der Waals surface area contributed by atoms with E-state index in [1.807, 2.05) is 45.0 Å². The lowest BCUT2D eigenvalue weighted by molar-refractivity contribution is 0.0139. The van der Waals surface area contributed by atoms with Gasteiger partial charge in [0.2, 0.25) is 0 Å². The molecule has 0 saturated carbocycles. The van der Waals surface area contributed by atoms with Crippen molar-refractivity contribution >= 4 is 12.1 Å². The highest BCUT2D eigenvalue weighted by Crippen LogP contribution is 2.22. The normalized spacial score (nSPS) is 15.1. The third kappa shape index (κ3) is 5.56. The quantitative estimate of drug-likeness (QED) is 0.749. The standard InChI is InChI=1S/C21H29N5O4/c1-5-29-19(27)18-17(22-24-23-18)16-8-6-15(7-9-16)14-25-10-12-26(13-11-25)20(28)30-21(2,3)4/h6-9H,5,10-14H2,1-4H3,(H,22,23,24). The van der Waals surface area contributed by atoms with E-state index in [1.54, 1.807) is 11.8 Å². The molecule has 0 spiro atoms. The minimum Gasteiger partial charge on any atom is -0.461 e. The van der Waals surface area contributed by atoms with Crippen LogP contribution in [0, 0.1) is 0 Å². The van der Waals surface area contributed by atoms with Crippen molar-refractivity contribution in [2.75, 3.05) is 32.8 Å². The van der Waals surface area contributed by atoms with Gasteiger partial charge in [-0.3, -0.25) is 4.90 Å². The SMILES string of the molecule is CCOC(=O)c1n[nH]nc1-c1ccc(CN2CCN(C(=O)OC(C)(C)C)CC2)cc1. The molecular weight excluding hydrogens is 386 g/mol. The van der Waals surface area contributed by atoms with E-state index < -0.39 is 11.6 Å².